The van der Waals surface area contributed by atoms with Gasteiger partial charge < -0.3 is 10.2 Å². The van der Waals surface area contributed by atoms with E-state index in [4.69, 9.17) is 6.42 Å². The van der Waals surface area contributed by atoms with Crippen molar-refractivity contribution >= 4 is 5.69 Å². The first kappa shape index (κ1) is 10.5. The van der Waals surface area contributed by atoms with Crippen molar-refractivity contribution in [2.75, 3.05) is 24.5 Å². The Labute approximate surface area is 100 Å². The van der Waals surface area contributed by atoms with Gasteiger partial charge in [0.15, 0.2) is 0 Å². The second-order valence-electron chi connectivity index (χ2n) is 4.74. The van der Waals surface area contributed by atoms with Crippen molar-refractivity contribution in [1.82, 2.24) is 10.3 Å². The monoisotopic (exact) mass is 231 g/mol. The molecule has 88 valence electrons. The molecule has 0 spiro atoms. The van der Waals surface area contributed by atoms with E-state index in [1.54, 1.807) is 12.3 Å². The van der Waals surface area contributed by atoms with Crippen LogP contribution in [0.3, 0.4) is 0 Å². The van der Waals surface area contributed by atoms with Crippen molar-refractivity contribution in [2.45, 2.75) is 12.5 Å². The van der Waals surface area contributed by atoms with Gasteiger partial charge in [-0.15, -0.1) is 6.42 Å². The van der Waals surface area contributed by atoms with Crippen LogP contribution in [-0.2, 0) is 0 Å². The Morgan fingerprint density at radius 1 is 1.53 bits per heavy atom. The molecule has 0 saturated carbocycles. The van der Waals surface area contributed by atoms with Gasteiger partial charge in [0.1, 0.15) is 0 Å². The Morgan fingerprint density at radius 3 is 3.18 bits per heavy atom. The Bertz CT molecular complexity index is 480. The standard InChI is InChI=1S/C13H14FN3/c1-2-10-4-12(7-16-13(10)14)17-8-9-3-11(17)6-15-5-9/h1,4,7,9,11,15H,3,5-6,8H2/t9-,11-/m0/s1. The van der Waals surface area contributed by atoms with Gasteiger partial charge in [0.2, 0.25) is 5.95 Å². The first-order valence-electron chi connectivity index (χ1n) is 5.87. The van der Waals surface area contributed by atoms with Crippen LogP contribution in [0.4, 0.5) is 10.1 Å². The molecule has 0 aliphatic carbocycles. The summed E-state index contributed by atoms with van der Waals surface area (Å²) >= 11 is 0. The minimum absolute atomic E-state index is 0.247. The van der Waals surface area contributed by atoms with Crippen LogP contribution in [0.1, 0.15) is 12.0 Å². The molecule has 2 saturated heterocycles. The Hall–Kier alpha value is -1.60. The highest BCUT2D eigenvalue weighted by Crippen LogP contribution is 2.31. The average Bonchev–Trinajstić information content (AvgIpc) is 2.65. The van der Waals surface area contributed by atoms with Crippen molar-refractivity contribution in [3.05, 3.63) is 23.8 Å². The molecule has 3 nitrogen and oxygen atoms in total. The van der Waals surface area contributed by atoms with Gasteiger partial charge in [-0.25, -0.2) is 4.98 Å². The summed E-state index contributed by atoms with van der Waals surface area (Å²) in [6, 6.07) is 2.22. The van der Waals surface area contributed by atoms with E-state index < -0.39 is 5.95 Å². The van der Waals surface area contributed by atoms with E-state index in [-0.39, 0.29) is 5.56 Å². The van der Waals surface area contributed by atoms with Crippen molar-refractivity contribution < 1.29 is 4.39 Å². The molecule has 2 bridgehead atoms. The van der Waals surface area contributed by atoms with Gasteiger partial charge in [-0.3, -0.25) is 0 Å². The van der Waals surface area contributed by atoms with Gasteiger partial charge in [-0.05, 0) is 24.9 Å². The molecule has 2 aliphatic rings. The second kappa shape index (κ2) is 4.01. The molecule has 0 radical (unpaired) electrons. The van der Waals surface area contributed by atoms with Crippen molar-refractivity contribution in [2.24, 2.45) is 5.92 Å². The van der Waals surface area contributed by atoms with Gasteiger partial charge in [0.25, 0.3) is 0 Å². The van der Waals surface area contributed by atoms with Crippen LogP contribution < -0.4 is 10.2 Å². The minimum Gasteiger partial charge on any atom is -0.366 e. The third-order valence-electron chi connectivity index (χ3n) is 3.63. The molecule has 3 rings (SSSR count). The molecule has 2 atom stereocenters. The Kier molecular flexibility index (Phi) is 2.49. The molecular formula is C13H14FN3. The number of aromatic nitrogens is 1. The van der Waals surface area contributed by atoms with E-state index in [2.05, 4.69) is 21.1 Å². The molecule has 17 heavy (non-hydrogen) atoms. The molecule has 2 fully saturated rings. The number of hydrogen-bond donors (Lipinski definition) is 1. The normalized spacial score (nSPS) is 26.9. The summed E-state index contributed by atoms with van der Waals surface area (Å²) in [6.45, 7) is 3.07. The molecule has 1 aromatic heterocycles. The summed E-state index contributed by atoms with van der Waals surface area (Å²) in [4.78, 5) is 6.03. The first-order chi connectivity index (χ1) is 8.28. The van der Waals surface area contributed by atoms with Crippen molar-refractivity contribution in [3.63, 3.8) is 0 Å². The zero-order valence-corrected chi connectivity index (χ0v) is 9.49. The molecular weight excluding hydrogens is 217 g/mol. The summed E-state index contributed by atoms with van der Waals surface area (Å²) < 4.78 is 13.2. The topological polar surface area (TPSA) is 28.2 Å². The van der Waals surface area contributed by atoms with Gasteiger partial charge >= 0.3 is 0 Å². The first-order valence-corrected chi connectivity index (χ1v) is 5.87. The van der Waals surface area contributed by atoms with Crippen LogP contribution in [-0.4, -0.2) is 30.7 Å². The lowest BCUT2D eigenvalue weighted by atomic mass is 10.0. The zero-order valence-electron chi connectivity index (χ0n) is 9.49. The van der Waals surface area contributed by atoms with Crippen LogP contribution in [0.5, 0.6) is 0 Å². The van der Waals surface area contributed by atoms with E-state index >= 15 is 0 Å². The smallest absolute Gasteiger partial charge is 0.228 e. The summed E-state index contributed by atoms with van der Waals surface area (Å²) in [5, 5.41) is 3.41. The van der Waals surface area contributed by atoms with Crippen molar-refractivity contribution in [3.8, 4) is 12.3 Å². The van der Waals surface area contributed by atoms with E-state index in [1.807, 2.05) is 0 Å². The quantitative estimate of drug-likeness (QED) is 0.577. The highest BCUT2D eigenvalue weighted by atomic mass is 19.1. The number of terminal acetylenes is 1. The van der Waals surface area contributed by atoms with E-state index in [1.165, 1.54) is 6.42 Å². The number of fused-ring (bicyclic) bond motifs is 2. The van der Waals surface area contributed by atoms with Gasteiger partial charge in [0.05, 0.1) is 17.4 Å². The summed E-state index contributed by atoms with van der Waals surface area (Å²) in [5.74, 6) is 2.47. The predicted octanol–water partition coefficient (Wildman–Crippen LogP) is 1.00. The number of piperidine rings is 1. The van der Waals surface area contributed by atoms with E-state index in [9.17, 15) is 4.39 Å². The average molecular weight is 231 g/mol. The molecule has 0 aromatic carbocycles. The number of nitrogens with zero attached hydrogens (tertiary/aromatic N) is 2. The second-order valence-corrected chi connectivity index (χ2v) is 4.74. The summed E-state index contributed by atoms with van der Waals surface area (Å²) in [7, 11) is 0. The molecule has 1 N–H and O–H groups in total. The largest absolute Gasteiger partial charge is 0.366 e. The highest BCUT2D eigenvalue weighted by Gasteiger charge is 2.35. The van der Waals surface area contributed by atoms with Gasteiger partial charge in [-0.2, -0.15) is 4.39 Å². The van der Waals surface area contributed by atoms with E-state index in [0.29, 0.717) is 12.0 Å². The molecule has 0 unspecified atom stereocenters. The third-order valence-corrected chi connectivity index (χ3v) is 3.63. The number of pyridine rings is 1. The predicted molar refractivity (Wildman–Crippen MR) is 64.2 cm³/mol. The molecule has 1 aromatic rings. The van der Waals surface area contributed by atoms with Crippen LogP contribution >= 0.6 is 0 Å². The Balaban J connectivity index is 1.92. The van der Waals surface area contributed by atoms with Crippen LogP contribution in [0.15, 0.2) is 12.3 Å². The summed E-state index contributed by atoms with van der Waals surface area (Å²) in [6.07, 6.45) is 8.05. The number of halogens is 1. The summed E-state index contributed by atoms with van der Waals surface area (Å²) in [5.41, 5.74) is 1.19. The Morgan fingerprint density at radius 2 is 2.41 bits per heavy atom. The third kappa shape index (κ3) is 1.77. The fourth-order valence-electron chi connectivity index (χ4n) is 2.82. The number of nitrogens with one attached hydrogen (secondary N) is 1. The maximum absolute atomic E-state index is 13.2. The maximum Gasteiger partial charge on any atom is 0.228 e. The van der Waals surface area contributed by atoms with E-state index in [0.717, 1.165) is 25.3 Å². The molecule has 4 heteroatoms. The number of rotatable bonds is 1. The van der Waals surface area contributed by atoms with Gasteiger partial charge in [0, 0.05) is 19.1 Å². The van der Waals surface area contributed by atoms with Gasteiger partial charge in [-0.1, -0.05) is 5.92 Å². The molecule has 2 aliphatic heterocycles. The molecule has 3 heterocycles. The lowest BCUT2D eigenvalue weighted by molar-refractivity contribution is 0.434. The van der Waals surface area contributed by atoms with Crippen LogP contribution in [0.2, 0.25) is 0 Å². The number of anilines is 1. The lowest BCUT2D eigenvalue weighted by Crippen LogP contribution is -2.39. The lowest BCUT2D eigenvalue weighted by Gasteiger charge is -2.26. The van der Waals surface area contributed by atoms with Crippen LogP contribution in [0, 0.1) is 24.2 Å². The zero-order chi connectivity index (χ0) is 11.8. The SMILES string of the molecule is C#Cc1cc(N2C[C@@H]3CNC[C@@H]2C3)cnc1F. The minimum atomic E-state index is -0.559. The van der Waals surface area contributed by atoms with Crippen molar-refractivity contribution in [1.29, 1.82) is 0 Å². The fourth-order valence-corrected chi connectivity index (χ4v) is 2.82. The van der Waals surface area contributed by atoms with Crippen LogP contribution in [0.25, 0.3) is 0 Å². The molecule has 0 amide bonds. The number of hydrogen-bond acceptors (Lipinski definition) is 3. The fraction of sp³-hybridized carbons (Fsp3) is 0.462. The maximum atomic E-state index is 13.2. The highest BCUT2D eigenvalue weighted by molar-refractivity contribution is 5.52.